The normalized spacial score (nSPS) is 14.6. The maximum Gasteiger partial charge on any atom is 0.0661 e. The third-order valence-electron chi connectivity index (χ3n) is 4.60. The van der Waals surface area contributed by atoms with Crippen molar-refractivity contribution in [3.63, 3.8) is 0 Å². The summed E-state index contributed by atoms with van der Waals surface area (Å²) in [5.74, 6) is 0. The van der Waals surface area contributed by atoms with Crippen molar-refractivity contribution < 1.29 is 0 Å². The van der Waals surface area contributed by atoms with E-state index >= 15 is 0 Å². The molecular formula is C20H18Cl2N2. The fourth-order valence-corrected chi connectivity index (χ4v) is 3.87. The molecule has 1 aromatic heterocycles. The molecule has 0 amide bonds. The van der Waals surface area contributed by atoms with Crippen LogP contribution in [0.4, 0.5) is 0 Å². The number of halogens is 2. The molecule has 122 valence electrons. The number of nitrogens with zero attached hydrogens (tertiary/aromatic N) is 2. The molecule has 0 unspecified atom stereocenters. The molecule has 1 aliphatic rings. The van der Waals surface area contributed by atoms with E-state index in [-0.39, 0.29) is 0 Å². The van der Waals surface area contributed by atoms with Gasteiger partial charge in [-0.05, 0) is 47.9 Å². The highest BCUT2D eigenvalue weighted by Gasteiger charge is 2.17. The van der Waals surface area contributed by atoms with Crippen LogP contribution in [0.25, 0.3) is 5.69 Å². The fourth-order valence-electron chi connectivity index (χ4n) is 3.37. The van der Waals surface area contributed by atoms with E-state index in [0.29, 0.717) is 10.0 Å². The largest absolute Gasteiger partial charge is 0.318 e. The quantitative estimate of drug-likeness (QED) is 0.614. The van der Waals surface area contributed by atoms with Crippen LogP contribution in [-0.4, -0.2) is 16.0 Å². The zero-order valence-electron chi connectivity index (χ0n) is 13.3. The van der Waals surface area contributed by atoms with E-state index in [1.165, 1.54) is 16.8 Å². The number of hydrogen-bond donors (Lipinski definition) is 0. The van der Waals surface area contributed by atoms with Crippen molar-refractivity contribution in [2.75, 3.05) is 6.54 Å². The average Bonchev–Trinajstić information content (AvgIpc) is 3.03. The molecule has 0 fully saturated rings. The van der Waals surface area contributed by atoms with Crippen LogP contribution in [0.3, 0.4) is 0 Å². The first kappa shape index (κ1) is 15.8. The smallest absolute Gasteiger partial charge is 0.0661 e. The summed E-state index contributed by atoms with van der Waals surface area (Å²) in [6.07, 6.45) is 3.17. The van der Waals surface area contributed by atoms with Gasteiger partial charge in [0.1, 0.15) is 0 Å². The van der Waals surface area contributed by atoms with Gasteiger partial charge in [0.15, 0.2) is 0 Å². The van der Waals surface area contributed by atoms with Gasteiger partial charge in [0.2, 0.25) is 0 Å². The Morgan fingerprint density at radius 3 is 2.58 bits per heavy atom. The first-order valence-corrected chi connectivity index (χ1v) is 8.87. The summed E-state index contributed by atoms with van der Waals surface area (Å²) < 4.78 is 2.15. The molecule has 4 rings (SSSR count). The highest BCUT2D eigenvalue weighted by atomic mass is 35.5. The van der Waals surface area contributed by atoms with Crippen molar-refractivity contribution in [2.24, 2.45) is 0 Å². The Morgan fingerprint density at radius 2 is 1.75 bits per heavy atom. The second kappa shape index (κ2) is 6.64. The zero-order chi connectivity index (χ0) is 16.5. The van der Waals surface area contributed by atoms with Crippen molar-refractivity contribution in [1.82, 2.24) is 9.47 Å². The Morgan fingerprint density at radius 1 is 0.917 bits per heavy atom. The Bertz CT molecular complexity index is 870. The predicted molar refractivity (Wildman–Crippen MR) is 100 cm³/mol. The van der Waals surface area contributed by atoms with Crippen molar-refractivity contribution in [2.45, 2.75) is 19.5 Å². The molecule has 24 heavy (non-hydrogen) atoms. The standard InChI is InChI=1S/C20H18Cl2N2/c21-17-7-8-20(19(22)12-17)24-10-3-6-18(24)14-23-11-9-15-4-1-2-5-16(15)13-23/h1-8,10,12H,9,11,13-14H2. The number of hydrogen-bond acceptors (Lipinski definition) is 1. The molecule has 2 nitrogen and oxygen atoms in total. The molecule has 0 bridgehead atoms. The molecule has 3 aromatic rings. The second-order valence-corrected chi connectivity index (χ2v) is 7.04. The van der Waals surface area contributed by atoms with Crippen LogP contribution in [-0.2, 0) is 19.5 Å². The highest BCUT2D eigenvalue weighted by Crippen LogP contribution is 2.27. The minimum atomic E-state index is 0.657. The number of rotatable bonds is 3. The molecule has 4 heteroatoms. The van der Waals surface area contributed by atoms with Gasteiger partial charge < -0.3 is 4.57 Å². The molecule has 0 saturated heterocycles. The van der Waals surface area contributed by atoms with Crippen LogP contribution in [0.2, 0.25) is 10.0 Å². The van der Waals surface area contributed by atoms with E-state index < -0.39 is 0 Å². The molecule has 2 aromatic carbocycles. The lowest BCUT2D eigenvalue weighted by atomic mass is 10.00. The maximum atomic E-state index is 6.38. The fraction of sp³-hybridized carbons (Fsp3) is 0.200. The molecule has 0 spiro atoms. The van der Waals surface area contributed by atoms with Crippen LogP contribution in [0.15, 0.2) is 60.8 Å². The zero-order valence-corrected chi connectivity index (χ0v) is 14.8. The maximum absolute atomic E-state index is 6.38. The van der Waals surface area contributed by atoms with E-state index in [4.69, 9.17) is 23.2 Å². The molecule has 0 saturated carbocycles. The van der Waals surface area contributed by atoms with Gasteiger partial charge in [-0.1, -0.05) is 47.5 Å². The second-order valence-electron chi connectivity index (χ2n) is 6.19. The van der Waals surface area contributed by atoms with Crippen LogP contribution in [0.1, 0.15) is 16.8 Å². The average molecular weight is 357 g/mol. The molecule has 0 N–H and O–H groups in total. The predicted octanol–water partition coefficient (Wildman–Crippen LogP) is 5.34. The van der Waals surface area contributed by atoms with Crippen molar-refractivity contribution in [1.29, 1.82) is 0 Å². The first-order chi connectivity index (χ1) is 11.7. The summed E-state index contributed by atoms with van der Waals surface area (Å²) in [4.78, 5) is 2.48. The van der Waals surface area contributed by atoms with Gasteiger partial charge in [-0.25, -0.2) is 0 Å². The van der Waals surface area contributed by atoms with E-state index in [0.717, 1.165) is 31.7 Å². The van der Waals surface area contributed by atoms with E-state index in [1.807, 2.05) is 12.1 Å². The minimum absolute atomic E-state index is 0.657. The molecule has 0 radical (unpaired) electrons. The van der Waals surface area contributed by atoms with Gasteiger partial charge in [0.05, 0.1) is 10.7 Å². The van der Waals surface area contributed by atoms with E-state index in [1.54, 1.807) is 6.07 Å². The third-order valence-corrected chi connectivity index (χ3v) is 5.14. The van der Waals surface area contributed by atoms with E-state index in [9.17, 15) is 0 Å². The Labute approximate surface area is 152 Å². The SMILES string of the molecule is Clc1ccc(-n2cccc2CN2CCc3ccccc3C2)c(Cl)c1. The van der Waals surface area contributed by atoms with Gasteiger partial charge in [0.25, 0.3) is 0 Å². The molecule has 0 atom stereocenters. The lowest BCUT2D eigenvalue weighted by Gasteiger charge is -2.29. The Hall–Kier alpha value is -1.74. The number of aromatic nitrogens is 1. The van der Waals surface area contributed by atoms with Gasteiger partial charge >= 0.3 is 0 Å². The van der Waals surface area contributed by atoms with Gasteiger partial charge in [-0.2, -0.15) is 0 Å². The van der Waals surface area contributed by atoms with Crippen LogP contribution >= 0.6 is 23.2 Å². The lowest BCUT2D eigenvalue weighted by molar-refractivity contribution is 0.241. The van der Waals surface area contributed by atoms with Crippen LogP contribution in [0, 0.1) is 0 Å². The lowest BCUT2D eigenvalue weighted by Crippen LogP contribution is -2.30. The van der Waals surface area contributed by atoms with Gasteiger partial charge in [-0.15, -0.1) is 0 Å². The van der Waals surface area contributed by atoms with Gasteiger partial charge in [-0.3, -0.25) is 4.90 Å². The topological polar surface area (TPSA) is 8.17 Å². The molecule has 2 heterocycles. The van der Waals surface area contributed by atoms with Gasteiger partial charge in [0, 0.05) is 36.5 Å². The summed E-state index contributed by atoms with van der Waals surface area (Å²) in [5.41, 5.74) is 5.12. The highest BCUT2D eigenvalue weighted by molar-refractivity contribution is 6.35. The Kier molecular flexibility index (Phi) is 4.36. The minimum Gasteiger partial charge on any atom is -0.318 e. The van der Waals surface area contributed by atoms with Crippen LogP contribution in [0.5, 0.6) is 0 Å². The third kappa shape index (κ3) is 3.10. The van der Waals surface area contributed by atoms with E-state index in [2.05, 4.69) is 52.1 Å². The summed E-state index contributed by atoms with van der Waals surface area (Å²) >= 11 is 12.4. The first-order valence-electron chi connectivity index (χ1n) is 8.11. The number of benzene rings is 2. The van der Waals surface area contributed by atoms with Crippen LogP contribution < -0.4 is 0 Å². The molecule has 0 aliphatic carbocycles. The molecular weight excluding hydrogens is 339 g/mol. The van der Waals surface area contributed by atoms with Crippen molar-refractivity contribution >= 4 is 23.2 Å². The summed E-state index contributed by atoms with van der Waals surface area (Å²) in [6.45, 7) is 2.98. The summed E-state index contributed by atoms with van der Waals surface area (Å²) in [7, 11) is 0. The van der Waals surface area contributed by atoms with Crippen molar-refractivity contribution in [3.8, 4) is 5.69 Å². The summed E-state index contributed by atoms with van der Waals surface area (Å²) in [6, 6.07) is 18.6. The monoisotopic (exact) mass is 356 g/mol. The summed E-state index contributed by atoms with van der Waals surface area (Å²) in [5, 5.41) is 1.33. The van der Waals surface area contributed by atoms with Crippen molar-refractivity contribution in [3.05, 3.63) is 87.7 Å². The Balaban J connectivity index is 1.58. The number of fused-ring (bicyclic) bond motifs is 1. The molecule has 1 aliphatic heterocycles.